The summed E-state index contributed by atoms with van der Waals surface area (Å²) in [7, 11) is -1.47. The maximum Gasteiger partial charge on any atom is 0.115 e. The molecule has 0 amide bonds. The van der Waals surface area contributed by atoms with Gasteiger partial charge >= 0.3 is 0 Å². The van der Waals surface area contributed by atoms with Crippen molar-refractivity contribution in [1.29, 1.82) is 0 Å². The van der Waals surface area contributed by atoms with Crippen LogP contribution < -0.4 is 0 Å². The second-order valence-corrected chi connectivity index (χ2v) is 6.13. The van der Waals surface area contributed by atoms with Crippen LogP contribution in [0.5, 0.6) is 5.75 Å². The Balaban J connectivity index is 2.46. The van der Waals surface area contributed by atoms with E-state index in [1.54, 1.807) is 12.1 Å². The first-order chi connectivity index (χ1) is 8.49. The molecule has 2 nitrogen and oxygen atoms in total. The van der Waals surface area contributed by atoms with E-state index in [1.807, 2.05) is 0 Å². The van der Waals surface area contributed by atoms with Crippen LogP contribution in [0.25, 0.3) is 0 Å². The van der Waals surface area contributed by atoms with E-state index in [4.69, 9.17) is 34.8 Å². The fourth-order valence-corrected chi connectivity index (χ4v) is 3.26. The molecule has 2 aromatic carbocycles. The van der Waals surface area contributed by atoms with Crippen LogP contribution in [-0.4, -0.2) is 9.32 Å². The Bertz CT molecular complexity index is 611. The lowest BCUT2D eigenvalue weighted by atomic mass is 10.3. The molecule has 0 aliphatic rings. The second kappa shape index (κ2) is 5.49. The lowest BCUT2D eigenvalue weighted by Gasteiger charge is -2.06. The number of hydrogen-bond donors (Lipinski definition) is 1. The smallest absolute Gasteiger partial charge is 0.115 e. The van der Waals surface area contributed by atoms with E-state index >= 15 is 0 Å². The molecular weight excluding hydrogens is 315 g/mol. The standard InChI is InChI=1S/C12H7Cl3O2S/c13-9-5-11(15)12(6-10(9)14)18(17)8-3-1-7(16)2-4-8/h1-6,16H. The molecule has 0 saturated heterocycles. The second-order valence-electron chi connectivity index (χ2n) is 3.46. The van der Waals surface area contributed by atoms with Gasteiger partial charge in [-0.15, -0.1) is 0 Å². The molecule has 0 spiro atoms. The van der Waals surface area contributed by atoms with Gasteiger partial charge in [0.25, 0.3) is 0 Å². The van der Waals surface area contributed by atoms with Gasteiger partial charge < -0.3 is 5.11 Å². The summed E-state index contributed by atoms with van der Waals surface area (Å²) >= 11 is 17.7. The number of rotatable bonds is 2. The molecule has 6 heteroatoms. The third kappa shape index (κ3) is 2.81. The number of aromatic hydroxyl groups is 1. The predicted octanol–water partition coefficient (Wildman–Crippen LogP) is 4.52. The van der Waals surface area contributed by atoms with Gasteiger partial charge in [0.15, 0.2) is 0 Å². The van der Waals surface area contributed by atoms with Crippen LogP contribution in [0.15, 0.2) is 46.2 Å². The maximum absolute atomic E-state index is 12.3. The van der Waals surface area contributed by atoms with E-state index in [-0.39, 0.29) is 10.8 Å². The predicted molar refractivity (Wildman–Crippen MR) is 74.3 cm³/mol. The van der Waals surface area contributed by atoms with E-state index in [0.29, 0.717) is 19.8 Å². The molecule has 0 radical (unpaired) electrons. The molecule has 1 unspecified atom stereocenters. The highest BCUT2D eigenvalue weighted by atomic mass is 35.5. The van der Waals surface area contributed by atoms with Gasteiger partial charge in [0.05, 0.1) is 30.8 Å². The van der Waals surface area contributed by atoms with Crippen LogP contribution in [0.4, 0.5) is 0 Å². The van der Waals surface area contributed by atoms with E-state index < -0.39 is 10.8 Å². The minimum absolute atomic E-state index is 0.107. The van der Waals surface area contributed by atoms with Crippen molar-refractivity contribution < 1.29 is 9.32 Å². The highest BCUT2D eigenvalue weighted by molar-refractivity contribution is 7.85. The first kappa shape index (κ1) is 13.7. The van der Waals surface area contributed by atoms with Gasteiger partial charge in [0, 0.05) is 4.90 Å². The molecule has 0 aromatic heterocycles. The monoisotopic (exact) mass is 320 g/mol. The van der Waals surface area contributed by atoms with E-state index in [1.165, 1.54) is 24.3 Å². The Morgan fingerprint density at radius 1 is 0.889 bits per heavy atom. The fourth-order valence-electron chi connectivity index (χ4n) is 1.34. The first-order valence-corrected chi connectivity index (χ1v) is 7.13. The molecule has 94 valence electrons. The van der Waals surface area contributed by atoms with Gasteiger partial charge in [0.1, 0.15) is 5.75 Å². The summed E-state index contributed by atoms with van der Waals surface area (Å²) < 4.78 is 12.3. The summed E-state index contributed by atoms with van der Waals surface area (Å²) in [5.41, 5.74) is 0. The molecule has 0 aliphatic heterocycles. The zero-order valence-electron chi connectivity index (χ0n) is 8.86. The average molecular weight is 322 g/mol. The SMILES string of the molecule is O=S(c1ccc(O)cc1)c1cc(Cl)c(Cl)cc1Cl. The number of halogens is 3. The normalized spacial score (nSPS) is 12.4. The van der Waals surface area contributed by atoms with Crippen LogP contribution in [0.2, 0.25) is 15.1 Å². The first-order valence-electron chi connectivity index (χ1n) is 4.84. The number of phenolic OH excluding ortho intramolecular Hbond substituents is 1. The van der Waals surface area contributed by atoms with Crippen molar-refractivity contribution in [2.24, 2.45) is 0 Å². The van der Waals surface area contributed by atoms with Crippen molar-refractivity contribution in [1.82, 2.24) is 0 Å². The van der Waals surface area contributed by atoms with Crippen molar-refractivity contribution in [2.75, 3.05) is 0 Å². The highest BCUT2D eigenvalue weighted by Gasteiger charge is 2.14. The van der Waals surface area contributed by atoms with Crippen molar-refractivity contribution in [3.8, 4) is 5.75 Å². The molecular formula is C12H7Cl3O2S. The number of phenols is 1. The molecule has 1 N–H and O–H groups in total. The van der Waals surface area contributed by atoms with E-state index in [2.05, 4.69) is 0 Å². The summed E-state index contributed by atoms with van der Waals surface area (Å²) in [4.78, 5) is 0.907. The average Bonchev–Trinajstić information content (AvgIpc) is 2.34. The van der Waals surface area contributed by atoms with Gasteiger partial charge in [-0.25, -0.2) is 4.21 Å². The topological polar surface area (TPSA) is 37.3 Å². The molecule has 2 rings (SSSR count). The number of benzene rings is 2. The minimum Gasteiger partial charge on any atom is -0.508 e. The largest absolute Gasteiger partial charge is 0.508 e. The summed E-state index contributed by atoms with van der Waals surface area (Å²) in [6.45, 7) is 0. The zero-order chi connectivity index (χ0) is 13.3. The van der Waals surface area contributed by atoms with Gasteiger partial charge in [-0.05, 0) is 36.4 Å². The molecule has 0 aliphatic carbocycles. The highest BCUT2D eigenvalue weighted by Crippen LogP contribution is 2.32. The van der Waals surface area contributed by atoms with Crippen LogP contribution >= 0.6 is 34.8 Å². The molecule has 0 fully saturated rings. The summed E-state index contributed by atoms with van der Waals surface area (Å²) in [5, 5.41) is 10.1. The summed E-state index contributed by atoms with van der Waals surface area (Å²) in [6.07, 6.45) is 0. The van der Waals surface area contributed by atoms with Gasteiger partial charge in [0.2, 0.25) is 0 Å². The molecule has 0 bridgehead atoms. The summed E-state index contributed by atoms with van der Waals surface area (Å²) in [5.74, 6) is 0.107. The Morgan fingerprint density at radius 2 is 1.44 bits per heavy atom. The third-order valence-corrected chi connectivity index (χ3v) is 4.81. The summed E-state index contributed by atoms with van der Waals surface area (Å²) in [6, 6.07) is 8.97. The van der Waals surface area contributed by atoms with Crippen molar-refractivity contribution in [2.45, 2.75) is 9.79 Å². The van der Waals surface area contributed by atoms with E-state index in [0.717, 1.165) is 0 Å². The molecule has 0 heterocycles. The van der Waals surface area contributed by atoms with Crippen molar-refractivity contribution in [3.63, 3.8) is 0 Å². The quantitative estimate of drug-likeness (QED) is 0.826. The Morgan fingerprint density at radius 3 is 2.06 bits per heavy atom. The van der Waals surface area contributed by atoms with Crippen molar-refractivity contribution >= 4 is 45.6 Å². The Hall–Kier alpha value is -0.740. The van der Waals surface area contributed by atoms with Gasteiger partial charge in [-0.1, -0.05) is 34.8 Å². The van der Waals surface area contributed by atoms with E-state index in [9.17, 15) is 9.32 Å². The molecule has 1 atom stereocenters. The molecule has 0 saturated carbocycles. The van der Waals surface area contributed by atoms with Crippen LogP contribution in [0, 0.1) is 0 Å². The van der Waals surface area contributed by atoms with Crippen LogP contribution in [0.3, 0.4) is 0 Å². The van der Waals surface area contributed by atoms with Crippen molar-refractivity contribution in [3.05, 3.63) is 51.5 Å². The van der Waals surface area contributed by atoms with Crippen LogP contribution in [0.1, 0.15) is 0 Å². The fraction of sp³-hybridized carbons (Fsp3) is 0. The Labute approximate surface area is 122 Å². The molecule has 18 heavy (non-hydrogen) atoms. The zero-order valence-corrected chi connectivity index (χ0v) is 11.9. The van der Waals surface area contributed by atoms with Gasteiger partial charge in [-0.3, -0.25) is 0 Å². The lowest BCUT2D eigenvalue weighted by Crippen LogP contribution is -1.94. The van der Waals surface area contributed by atoms with Crippen LogP contribution in [-0.2, 0) is 10.8 Å². The Kier molecular flexibility index (Phi) is 4.17. The van der Waals surface area contributed by atoms with Gasteiger partial charge in [-0.2, -0.15) is 0 Å². The third-order valence-electron chi connectivity index (χ3n) is 2.23. The maximum atomic E-state index is 12.3. The molecule has 2 aromatic rings. The number of hydrogen-bond acceptors (Lipinski definition) is 2. The lowest BCUT2D eigenvalue weighted by molar-refractivity contribution is 0.475. The minimum atomic E-state index is -1.47.